The van der Waals surface area contributed by atoms with E-state index in [0.717, 1.165) is 105 Å². The quantitative estimate of drug-likeness (QED) is 0.135. The van der Waals surface area contributed by atoms with Gasteiger partial charge in [0.05, 0.1) is 11.4 Å². The van der Waals surface area contributed by atoms with Gasteiger partial charge in [-0.1, -0.05) is 158 Å². The van der Waals surface area contributed by atoms with Crippen molar-refractivity contribution in [3.8, 4) is 33.4 Å². The van der Waals surface area contributed by atoms with Crippen LogP contribution in [0.2, 0.25) is 0 Å². The van der Waals surface area contributed by atoms with Gasteiger partial charge in [0.25, 0.3) is 0 Å². The maximum atomic E-state index is 17.2. The molecule has 0 N–H and O–H groups in total. The summed E-state index contributed by atoms with van der Waals surface area (Å²) in [6.45, 7) is 0. The van der Waals surface area contributed by atoms with Gasteiger partial charge in [0.15, 0.2) is 0 Å². The molecular formula is C62H41FN2O. The first-order valence-electron chi connectivity index (χ1n) is 22.3. The summed E-state index contributed by atoms with van der Waals surface area (Å²) in [4.78, 5) is 4.30. The van der Waals surface area contributed by atoms with Crippen molar-refractivity contribution in [2.45, 2.75) is 0 Å². The van der Waals surface area contributed by atoms with Crippen molar-refractivity contribution in [1.82, 2.24) is 0 Å². The number of furan rings is 1. The van der Waals surface area contributed by atoms with Crippen LogP contribution in [0, 0.1) is 5.82 Å². The average Bonchev–Trinajstić information content (AvgIpc) is 3.78. The number of anilines is 6. The second-order valence-corrected chi connectivity index (χ2v) is 16.6. The fraction of sp³-hybridized carbons (Fsp3) is 0. The summed E-state index contributed by atoms with van der Waals surface area (Å²) < 4.78 is 24.2. The lowest BCUT2D eigenvalue weighted by Gasteiger charge is -2.28. The van der Waals surface area contributed by atoms with Crippen molar-refractivity contribution in [3.05, 3.63) is 255 Å². The Morgan fingerprint density at radius 2 is 0.788 bits per heavy atom. The van der Waals surface area contributed by atoms with Crippen molar-refractivity contribution in [2.24, 2.45) is 0 Å². The molecule has 12 rings (SSSR count). The molecule has 0 aliphatic carbocycles. The molecule has 0 aliphatic heterocycles. The van der Waals surface area contributed by atoms with Gasteiger partial charge in [-0.05, 0) is 129 Å². The molecule has 0 aliphatic rings. The lowest BCUT2D eigenvalue weighted by atomic mass is 9.94. The Bertz CT molecular complexity index is 3650. The van der Waals surface area contributed by atoms with Gasteiger partial charge in [-0.2, -0.15) is 0 Å². The van der Waals surface area contributed by atoms with Gasteiger partial charge in [-0.25, -0.2) is 4.39 Å². The van der Waals surface area contributed by atoms with Crippen LogP contribution in [0.1, 0.15) is 0 Å². The third kappa shape index (κ3) is 6.84. The Hall–Kier alpha value is -8.73. The SMILES string of the molecule is Fc1cc(-c2ccccc2)cc(-c2ccccc2)c1N(c1ccccc1)c1ccc2c(c1)oc1c3ccc(-c4ccc(N(c5ccccc5)c5ccccc5)cc4)cc3c3ccccc3c21. The highest BCUT2D eigenvalue weighted by atomic mass is 19.1. The standard InChI is InChI=1S/C62H41FN2O/c63-58-40-46(42-18-6-1-7-19-42)39-56(44-20-8-2-9-21-44)61(58)65(49-26-14-5-15-27-49)51-35-37-55-59(41-51)66-62-54-36-32-45(38-57(54)52-28-16-17-29-53(52)60(55)62)43-30-33-50(34-31-43)64(47-22-10-3-11-23-47)48-24-12-4-13-25-48/h1-41H. The molecule has 11 aromatic carbocycles. The number of hydrogen-bond donors (Lipinski definition) is 0. The second-order valence-electron chi connectivity index (χ2n) is 16.6. The molecule has 0 spiro atoms. The number of hydrogen-bond acceptors (Lipinski definition) is 3. The third-order valence-electron chi connectivity index (χ3n) is 12.7. The first kappa shape index (κ1) is 38.9. The van der Waals surface area contributed by atoms with Crippen LogP contribution in [0.15, 0.2) is 253 Å². The molecule has 4 heteroatoms. The summed E-state index contributed by atoms with van der Waals surface area (Å²) in [7, 11) is 0. The van der Waals surface area contributed by atoms with Crippen LogP contribution in [0.3, 0.4) is 0 Å². The summed E-state index contributed by atoms with van der Waals surface area (Å²) >= 11 is 0. The van der Waals surface area contributed by atoms with Gasteiger partial charge < -0.3 is 14.2 Å². The van der Waals surface area contributed by atoms with E-state index in [-0.39, 0.29) is 5.82 Å². The average molecular weight is 849 g/mol. The molecule has 0 amide bonds. The summed E-state index contributed by atoms with van der Waals surface area (Å²) in [5.41, 5.74) is 12.6. The molecule has 0 fully saturated rings. The van der Waals surface area contributed by atoms with Crippen LogP contribution in [0.4, 0.5) is 38.5 Å². The molecule has 0 saturated heterocycles. The first-order valence-corrected chi connectivity index (χ1v) is 22.3. The van der Waals surface area contributed by atoms with Crippen LogP contribution in [0.25, 0.3) is 76.9 Å². The summed E-state index contributed by atoms with van der Waals surface area (Å²) in [6.07, 6.45) is 0. The molecule has 0 atom stereocenters. The highest BCUT2D eigenvalue weighted by Gasteiger charge is 2.25. The van der Waals surface area contributed by atoms with Gasteiger partial charge in [-0.3, -0.25) is 0 Å². The molecular weight excluding hydrogens is 808 g/mol. The van der Waals surface area contributed by atoms with Gasteiger partial charge in [-0.15, -0.1) is 0 Å². The van der Waals surface area contributed by atoms with E-state index in [9.17, 15) is 0 Å². The van der Waals surface area contributed by atoms with Crippen molar-refractivity contribution < 1.29 is 8.81 Å². The molecule has 3 nitrogen and oxygen atoms in total. The highest BCUT2D eigenvalue weighted by molar-refractivity contribution is 6.30. The zero-order valence-corrected chi connectivity index (χ0v) is 35.9. The van der Waals surface area contributed by atoms with Crippen LogP contribution >= 0.6 is 0 Å². The third-order valence-corrected chi connectivity index (χ3v) is 12.7. The normalized spacial score (nSPS) is 11.4. The Labute approximate surface area is 382 Å². The fourth-order valence-electron chi connectivity index (χ4n) is 9.61. The topological polar surface area (TPSA) is 19.6 Å². The molecule has 1 heterocycles. The Kier molecular flexibility index (Phi) is 9.69. The van der Waals surface area contributed by atoms with Crippen LogP contribution in [-0.4, -0.2) is 0 Å². The summed E-state index contributed by atoms with van der Waals surface area (Å²) in [5.74, 6) is -0.323. The zero-order valence-electron chi connectivity index (χ0n) is 35.9. The lowest BCUT2D eigenvalue weighted by molar-refractivity contribution is 0.629. The van der Waals surface area contributed by atoms with Gasteiger partial charge in [0, 0.05) is 50.5 Å². The number of benzene rings is 11. The Morgan fingerprint density at radius 1 is 0.303 bits per heavy atom. The number of rotatable bonds is 9. The van der Waals surface area contributed by atoms with E-state index in [0.29, 0.717) is 5.69 Å². The molecule has 66 heavy (non-hydrogen) atoms. The van der Waals surface area contributed by atoms with E-state index in [4.69, 9.17) is 4.42 Å². The monoisotopic (exact) mass is 848 g/mol. The van der Waals surface area contributed by atoms with E-state index in [2.05, 4.69) is 144 Å². The molecule has 0 radical (unpaired) electrons. The number of halogens is 1. The Balaban J connectivity index is 0.996. The predicted octanol–water partition coefficient (Wildman–Crippen LogP) is 18.0. The van der Waals surface area contributed by atoms with Crippen LogP contribution < -0.4 is 9.80 Å². The minimum absolute atomic E-state index is 0.323. The van der Waals surface area contributed by atoms with Gasteiger partial charge >= 0.3 is 0 Å². The largest absolute Gasteiger partial charge is 0.455 e. The van der Waals surface area contributed by atoms with E-state index in [1.807, 2.05) is 108 Å². The summed E-state index contributed by atoms with van der Waals surface area (Å²) in [5, 5.41) is 6.50. The van der Waals surface area contributed by atoms with E-state index in [1.165, 1.54) is 0 Å². The van der Waals surface area contributed by atoms with Crippen molar-refractivity contribution >= 4 is 77.6 Å². The number of nitrogens with zero attached hydrogens (tertiary/aromatic N) is 2. The molecule has 0 saturated carbocycles. The van der Waals surface area contributed by atoms with E-state index in [1.54, 1.807) is 6.07 Å². The van der Waals surface area contributed by atoms with E-state index >= 15 is 4.39 Å². The van der Waals surface area contributed by atoms with Gasteiger partial charge in [0.2, 0.25) is 0 Å². The maximum Gasteiger partial charge on any atom is 0.148 e. The minimum Gasteiger partial charge on any atom is -0.455 e. The molecule has 0 unspecified atom stereocenters. The first-order chi connectivity index (χ1) is 32.7. The zero-order chi connectivity index (χ0) is 44.0. The predicted molar refractivity (Wildman–Crippen MR) is 274 cm³/mol. The highest BCUT2D eigenvalue weighted by Crippen LogP contribution is 2.48. The lowest BCUT2D eigenvalue weighted by Crippen LogP contribution is -2.13. The fourth-order valence-corrected chi connectivity index (χ4v) is 9.61. The maximum absolute atomic E-state index is 17.2. The second kappa shape index (κ2) is 16.4. The number of para-hydroxylation sites is 3. The van der Waals surface area contributed by atoms with Crippen molar-refractivity contribution in [2.75, 3.05) is 9.80 Å². The smallest absolute Gasteiger partial charge is 0.148 e. The van der Waals surface area contributed by atoms with Crippen LogP contribution in [0.5, 0.6) is 0 Å². The number of fused-ring (bicyclic) bond motifs is 8. The van der Waals surface area contributed by atoms with E-state index < -0.39 is 0 Å². The van der Waals surface area contributed by atoms with Crippen molar-refractivity contribution in [3.63, 3.8) is 0 Å². The van der Waals surface area contributed by atoms with Crippen molar-refractivity contribution in [1.29, 1.82) is 0 Å². The molecule has 12 aromatic rings. The minimum atomic E-state index is -0.323. The molecule has 312 valence electrons. The molecule has 0 bridgehead atoms. The Morgan fingerprint density at radius 3 is 1.42 bits per heavy atom. The van der Waals surface area contributed by atoms with Crippen LogP contribution in [-0.2, 0) is 0 Å². The summed E-state index contributed by atoms with van der Waals surface area (Å²) in [6, 6.07) is 85.2. The van der Waals surface area contributed by atoms with Gasteiger partial charge in [0.1, 0.15) is 17.0 Å². The molecule has 1 aromatic heterocycles.